The molecule has 0 unspecified atom stereocenters. The van der Waals surface area contributed by atoms with Gasteiger partial charge in [-0.2, -0.15) is 0 Å². The Kier molecular flexibility index (Phi) is 59.7. The average Bonchev–Trinajstić information content (AvgIpc) is 1.94. The van der Waals surface area contributed by atoms with Crippen LogP contribution in [0.25, 0.3) is 0 Å². The Morgan fingerprint density at radius 3 is 0.238 bits per heavy atom. The molecule has 124 valence electrons. The predicted octanol–water partition coefficient (Wildman–Crippen LogP) is -11.2. The summed E-state index contributed by atoms with van der Waals surface area (Å²) in [6.45, 7) is 0. The maximum atomic E-state index is 7.17. The van der Waals surface area contributed by atoms with E-state index in [1.54, 1.807) is 0 Å². The van der Waals surface area contributed by atoms with E-state index in [0.29, 0.717) is 0 Å². The number of hydrogen-bond donors (Lipinski definition) is 15. The Labute approximate surface area is 156 Å². The second-order valence-corrected chi connectivity index (χ2v) is 1.73. The molecule has 15 nitrogen and oxygen atoms in total. The first-order valence-corrected chi connectivity index (χ1v) is 3.87. The van der Waals surface area contributed by atoms with Crippen LogP contribution >= 0.6 is 0 Å². The molecule has 0 aromatic rings. The Bertz CT molecular complexity index is 80.6. The van der Waals surface area contributed by atoms with Crippen molar-refractivity contribution in [2.75, 3.05) is 0 Å². The van der Waals surface area contributed by atoms with Gasteiger partial charge < -0.3 is 75.4 Å². The molecule has 0 aliphatic rings. The summed E-state index contributed by atoms with van der Waals surface area (Å²) in [6.07, 6.45) is 0. The van der Waals surface area contributed by atoms with E-state index in [9.17, 15) is 0 Å². The van der Waals surface area contributed by atoms with Gasteiger partial charge in [0.1, 0.15) is 0 Å². The average molecular weight is 399 g/mol. The molecule has 0 amide bonds. The molecule has 0 radical (unpaired) electrons. The van der Waals surface area contributed by atoms with Crippen molar-refractivity contribution in [3.05, 3.63) is 0 Å². The van der Waals surface area contributed by atoms with Crippen LogP contribution in [0.1, 0.15) is 0 Å². The Morgan fingerprint density at radius 1 is 0.238 bits per heavy atom. The van der Waals surface area contributed by atoms with Gasteiger partial charge in [0.2, 0.25) is 0 Å². The van der Waals surface area contributed by atoms with Crippen molar-refractivity contribution < 1.29 is 75.4 Å². The van der Waals surface area contributed by atoms with Crippen LogP contribution in [-0.4, -0.2) is 157 Å². The van der Waals surface area contributed by atoms with Gasteiger partial charge in [0.05, 0.1) is 0 Å². The first kappa shape index (κ1) is 38.0. The molecule has 0 spiro atoms. The van der Waals surface area contributed by atoms with Crippen molar-refractivity contribution >= 4 is 82.1 Å². The summed E-state index contributed by atoms with van der Waals surface area (Å²) in [4.78, 5) is 0. The summed E-state index contributed by atoms with van der Waals surface area (Å²) in [5, 5.41) is 108. The van der Waals surface area contributed by atoms with Crippen molar-refractivity contribution in [2.45, 2.75) is 0 Å². The van der Waals surface area contributed by atoms with Crippen LogP contribution in [0.15, 0.2) is 0 Å². The quantitative estimate of drug-likeness (QED) is 0.168. The standard InChI is InChI=1S/5BH3O3.Sr.2H/c5*2-1(3)4;;;/h5*2-4H;;;. The van der Waals surface area contributed by atoms with E-state index in [0.717, 1.165) is 0 Å². The van der Waals surface area contributed by atoms with Crippen molar-refractivity contribution in [3.8, 4) is 0 Å². The molecule has 0 aliphatic carbocycles. The van der Waals surface area contributed by atoms with E-state index in [4.69, 9.17) is 75.4 Å². The molecule has 21 heteroatoms. The molecule has 0 atom stereocenters. The summed E-state index contributed by atoms with van der Waals surface area (Å²) in [7, 11) is -10.8. The van der Waals surface area contributed by atoms with Gasteiger partial charge in [-0.15, -0.1) is 0 Å². The number of hydrogen-bond acceptors (Lipinski definition) is 15. The van der Waals surface area contributed by atoms with E-state index >= 15 is 0 Å². The van der Waals surface area contributed by atoms with Gasteiger partial charge in [0.15, 0.2) is 0 Å². The molecule has 0 bridgehead atoms. The second-order valence-electron chi connectivity index (χ2n) is 1.73. The van der Waals surface area contributed by atoms with E-state index < -0.39 is 36.6 Å². The molecule has 0 aromatic carbocycles. The summed E-state index contributed by atoms with van der Waals surface area (Å²) in [6, 6.07) is 0. The van der Waals surface area contributed by atoms with E-state index in [1.807, 2.05) is 0 Å². The molecule has 0 heterocycles. The Balaban J connectivity index is -0.0000000331. The van der Waals surface area contributed by atoms with E-state index in [-0.39, 0.29) is 45.5 Å². The topological polar surface area (TPSA) is 303 Å². The van der Waals surface area contributed by atoms with Gasteiger partial charge in [-0.3, -0.25) is 0 Å². The monoisotopic (exact) mass is 400 g/mol. The van der Waals surface area contributed by atoms with Gasteiger partial charge in [-0.05, 0) is 0 Å². The van der Waals surface area contributed by atoms with E-state index in [2.05, 4.69) is 0 Å². The third-order valence-corrected chi connectivity index (χ3v) is 0. The molecule has 15 N–H and O–H groups in total. The number of rotatable bonds is 0. The zero-order valence-corrected chi connectivity index (χ0v) is 9.59. The molecule has 0 saturated heterocycles. The summed E-state index contributed by atoms with van der Waals surface area (Å²) in [5.41, 5.74) is 0. The van der Waals surface area contributed by atoms with Gasteiger partial charge >= 0.3 is 82.1 Å². The van der Waals surface area contributed by atoms with Gasteiger partial charge in [-0.1, -0.05) is 0 Å². The van der Waals surface area contributed by atoms with Crippen molar-refractivity contribution in [3.63, 3.8) is 0 Å². The van der Waals surface area contributed by atoms with Crippen LogP contribution in [-0.2, 0) is 0 Å². The Hall–Kier alpha value is 1.21. The molecule has 0 aliphatic heterocycles. The predicted molar refractivity (Wildman–Crippen MR) is 70.6 cm³/mol. The zero-order valence-electron chi connectivity index (χ0n) is 9.59. The van der Waals surface area contributed by atoms with E-state index in [1.165, 1.54) is 0 Å². The molecular formula is H17B5O15Sr. The first-order valence-electron chi connectivity index (χ1n) is 3.87. The van der Waals surface area contributed by atoms with Crippen molar-refractivity contribution in [2.24, 2.45) is 0 Å². The molecule has 0 aromatic heterocycles. The normalized spacial score (nSPS) is 6.43. The third kappa shape index (κ3) is 5380. The SMILES string of the molecule is OB(O)O.OB(O)O.OB(O)O.OB(O)O.OB(O)O.[SrH2]. The van der Waals surface area contributed by atoms with Gasteiger partial charge in [0.25, 0.3) is 0 Å². The summed E-state index contributed by atoms with van der Waals surface area (Å²) in [5.74, 6) is 0. The van der Waals surface area contributed by atoms with Gasteiger partial charge in [0, 0.05) is 0 Å². The first-order chi connectivity index (χ1) is 8.66. The van der Waals surface area contributed by atoms with Crippen LogP contribution in [0.3, 0.4) is 0 Å². The maximum absolute atomic E-state index is 7.17. The zero-order chi connectivity index (χ0) is 17.9. The molecule has 21 heavy (non-hydrogen) atoms. The minimum absolute atomic E-state index is 0. The van der Waals surface area contributed by atoms with Gasteiger partial charge in [-0.25, -0.2) is 0 Å². The van der Waals surface area contributed by atoms with Crippen molar-refractivity contribution in [1.82, 2.24) is 0 Å². The minimum atomic E-state index is -2.17. The van der Waals surface area contributed by atoms with Crippen LogP contribution < -0.4 is 0 Å². The summed E-state index contributed by atoms with van der Waals surface area (Å²) >= 11 is 0. The molecular weight excluding hydrogens is 382 g/mol. The van der Waals surface area contributed by atoms with Crippen LogP contribution in [0.5, 0.6) is 0 Å². The third-order valence-electron chi connectivity index (χ3n) is 0. The van der Waals surface area contributed by atoms with Crippen LogP contribution in [0.2, 0.25) is 0 Å². The fourth-order valence-electron chi connectivity index (χ4n) is 0. The van der Waals surface area contributed by atoms with Crippen LogP contribution in [0.4, 0.5) is 0 Å². The second kappa shape index (κ2) is 33.0. The summed E-state index contributed by atoms with van der Waals surface area (Å²) < 4.78 is 0. The molecule has 0 saturated carbocycles. The molecule has 0 rings (SSSR count). The van der Waals surface area contributed by atoms with Crippen molar-refractivity contribution in [1.29, 1.82) is 0 Å². The molecule has 0 fully saturated rings. The fraction of sp³-hybridized carbons (Fsp3) is 0. The Morgan fingerprint density at radius 2 is 0.238 bits per heavy atom. The van der Waals surface area contributed by atoms with Crippen LogP contribution in [0, 0.1) is 0 Å². The fourth-order valence-corrected chi connectivity index (χ4v) is 0.